The third kappa shape index (κ3) is 4.21. The summed E-state index contributed by atoms with van der Waals surface area (Å²) >= 11 is 0. The van der Waals surface area contributed by atoms with Crippen LogP contribution in [0.1, 0.15) is 19.8 Å². The molecule has 2 unspecified atom stereocenters. The van der Waals surface area contributed by atoms with Crippen molar-refractivity contribution in [1.82, 2.24) is 9.80 Å². The van der Waals surface area contributed by atoms with E-state index in [-0.39, 0.29) is 6.10 Å². The van der Waals surface area contributed by atoms with E-state index in [4.69, 9.17) is 4.74 Å². The van der Waals surface area contributed by atoms with Crippen LogP contribution in [0.4, 0.5) is 0 Å². The van der Waals surface area contributed by atoms with Crippen LogP contribution in [0.5, 0.6) is 0 Å². The van der Waals surface area contributed by atoms with Gasteiger partial charge >= 0.3 is 0 Å². The van der Waals surface area contributed by atoms with Crippen LogP contribution in [-0.4, -0.2) is 73.5 Å². The fourth-order valence-corrected chi connectivity index (χ4v) is 2.58. The van der Waals surface area contributed by atoms with Crippen molar-refractivity contribution in [3.05, 3.63) is 0 Å². The van der Waals surface area contributed by atoms with Gasteiger partial charge in [0.2, 0.25) is 0 Å². The first-order valence-corrected chi connectivity index (χ1v) is 6.85. The monoisotopic (exact) mass is 242 g/mol. The SMILES string of the molecule is CC(C1CC1)N(C)CC(O)CN1CCOCC1. The van der Waals surface area contributed by atoms with Gasteiger partial charge in [-0.25, -0.2) is 0 Å². The molecule has 2 fully saturated rings. The lowest BCUT2D eigenvalue weighted by molar-refractivity contribution is 0.00565. The van der Waals surface area contributed by atoms with E-state index in [2.05, 4.69) is 23.8 Å². The lowest BCUT2D eigenvalue weighted by Crippen LogP contribution is -2.45. The van der Waals surface area contributed by atoms with Crippen LogP contribution >= 0.6 is 0 Å². The van der Waals surface area contributed by atoms with Crippen LogP contribution in [0.25, 0.3) is 0 Å². The molecule has 0 aromatic heterocycles. The topological polar surface area (TPSA) is 35.9 Å². The van der Waals surface area contributed by atoms with E-state index >= 15 is 0 Å². The zero-order chi connectivity index (χ0) is 12.3. The van der Waals surface area contributed by atoms with Crippen molar-refractivity contribution in [2.45, 2.75) is 31.9 Å². The molecule has 0 amide bonds. The highest BCUT2D eigenvalue weighted by Crippen LogP contribution is 2.34. The Balaban J connectivity index is 1.66. The number of hydrogen-bond donors (Lipinski definition) is 1. The second-order valence-corrected chi connectivity index (χ2v) is 5.58. The highest BCUT2D eigenvalue weighted by Gasteiger charge is 2.31. The molecule has 17 heavy (non-hydrogen) atoms. The van der Waals surface area contributed by atoms with Gasteiger partial charge in [0.1, 0.15) is 0 Å². The van der Waals surface area contributed by atoms with Crippen LogP contribution in [0, 0.1) is 5.92 Å². The van der Waals surface area contributed by atoms with Crippen molar-refractivity contribution in [1.29, 1.82) is 0 Å². The van der Waals surface area contributed by atoms with E-state index < -0.39 is 0 Å². The number of morpholine rings is 1. The number of ether oxygens (including phenoxy) is 1. The summed E-state index contributed by atoms with van der Waals surface area (Å²) in [4.78, 5) is 4.60. The minimum atomic E-state index is -0.237. The molecule has 4 nitrogen and oxygen atoms in total. The maximum absolute atomic E-state index is 10.1. The maximum Gasteiger partial charge on any atom is 0.0793 e. The molecule has 0 aromatic carbocycles. The zero-order valence-electron chi connectivity index (χ0n) is 11.1. The van der Waals surface area contributed by atoms with Crippen molar-refractivity contribution < 1.29 is 9.84 Å². The van der Waals surface area contributed by atoms with Gasteiger partial charge in [-0.2, -0.15) is 0 Å². The van der Waals surface area contributed by atoms with Gasteiger partial charge in [-0.3, -0.25) is 4.90 Å². The number of likely N-dealkylation sites (N-methyl/N-ethyl adjacent to an activating group) is 1. The number of aliphatic hydroxyl groups excluding tert-OH is 1. The van der Waals surface area contributed by atoms with Gasteiger partial charge in [-0.05, 0) is 32.7 Å². The quantitative estimate of drug-likeness (QED) is 0.732. The Morgan fingerprint density at radius 2 is 2.00 bits per heavy atom. The Labute approximate surface area is 105 Å². The van der Waals surface area contributed by atoms with Crippen LogP contribution in [-0.2, 0) is 4.74 Å². The first-order valence-electron chi connectivity index (χ1n) is 6.85. The fraction of sp³-hybridized carbons (Fsp3) is 1.00. The summed E-state index contributed by atoms with van der Waals surface area (Å²) in [5.74, 6) is 0.871. The van der Waals surface area contributed by atoms with Crippen molar-refractivity contribution in [2.24, 2.45) is 5.92 Å². The predicted octanol–water partition coefficient (Wildman–Crippen LogP) is 0.410. The third-order valence-corrected chi connectivity index (χ3v) is 4.07. The van der Waals surface area contributed by atoms with Gasteiger partial charge in [0.05, 0.1) is 19.3 Å². The molecule has 1 saturated heterocycles. The smallest absolute Gasteiger partial charge is 0.0793 e. The Hall–Kier alpha value is -0.160. The van der Waals surface area contributed by atoms with Gasteiger partial charge in [-0.1, -0.05) is 0 Å². The highest BCUT2D eigenvalue weighted by atomic mass is 16.5. The fourth-order valence-electron chi connectivity index (χ4n) is 2.58. The number of aliphatic hydroxyl groups is 1. The molecule has 2 aliphatic rings. The molecule has 2 rings (SSSR count). The first-order chi connectivity index (χ1) is 8.16. The largest absolute Gasteiger partial charge is 0.390 e. The standard InChI is InChI=1S/C13H26N2O2/c1-11(12-3-4-12)14(2)9-13(16)10-15-5-7-17-8-6-15/h11-13,16H,3-10H2,1-2H3. The molecule has 2 atom stereocenters. The summed E-state index contributed by atoms with van der Waals surface area (Å²) in [6.45, 7) is 7.37. The molecule has 1 aliphatic heterocycles. The van der Waals surface area contributed by atoms with E-state index in [9.17, 15) is 5.11 Å². The molecule has 0 aromatic rings. The van der Waals surface area contributed by atoms with Gasteiger partial charge in [0.15, 0.2) is 0 Å². The second-order valence-electron chi connectivity index (χ2n) is 5.58. The van der Waals surface area contributed by atoms with Crippen LogP contribution < -0.4 is 0 Å². The van der Waals surface area contributed by atoms with E-state index in [0.29, 0.717) is 6.04 Å². The van der Waals surface area contributed by atoms with Crippen LogP contribution in [0.2, 0.25) is 0 Å². The van der Waals surface area contributed by atoms with Crippen LogP contribution in [0.15, 0.2) is 0 Å². The molecular weight excluding hydrogens is 216 g/mol. The van der Waals surface area contributed by atoms with Crippen LogP contribution in [0.3, 0.4) is 0 Å². The molecule has 4 heteroatoms. The average Bonchev–Trinajstić information content (AvgIpc) is 3.13. The minimum Gasteiger partial charge on any atom is -0.390 e. The van der Waals surface area contributed by atoms with E-state index in [1.165, 1.54) is 12.8 Å². The average molecular weight is 242 g/mol. The molecule has 1 aliphatic carbocycles. The van der Waals surface area contributed by atoms with Gasteiger partial charge in [0, 0.05) is 32.2 Å². The summed E-state index contributed by atoms with van der Waals surface area (Å²) in [6.07, 6.45) is 2.50. The zero-order valence-corrected chi connectivity index (χ0v) is 11.1. The Morgan fingerprint density at radius 1 is 1.35 bits per heavy atom. The third-order valence-electron chi connectivity index (χ3n) is 4.07. The van der Waals surface area contributed by atoms with E-state index in [1.54, 1.807) is 0 Å². The lowest BCUT2D eigenvalue weighted by atomic mass is 10.1. The Morgan fingerprint density at radius 3 is 2.59 bits per heavy atom. The maximum atomic E-state index is 10.1. The number of nitrogens with zero attached hydrogens (tertiary/aromatic N) is 2. The van der Waals surface area contributed by atoms with Gasteiger partial charge in [-0.15, -0.1) is 0 Å². The van der Waals surface area contributed by atoms with E-state index in [0.717, 1.165) is 45.3 Å². The highest BCUT2D eigenvalue weighted by molar-refractivity contribution is 4.85. The molecule has 1 N–H and O–H groups in total. The van der Waals surface area contributed by atoms with Crippen molar-refractivity contribution >= 4 is 0 Å². The molecule has 1 heterocycles. The van der Waals surface area contributed by atoms with Crippen molar-refractivity contribution in [2.75, 3.05) is 46.4 Å². The van der Waals surface area contributed by atoms with Gasteiger partial charge < -0.3 is 14.7 Å². The normalized spacial score (nSPS) is 26.1. The Bertz CT molecular complexity index is 227. The summed E-state index contributed by atoms with van der Waals surface area (Å²) < 4.78 is 5.31. The molecule has 0 spiro atoms. The summed E-state index contributed by atoms with van der Waals surface area (Å²) in [7, 11) is 2.13. The summed E-state index contributed by atoms with van der Waals surface area (Å²) in [5, 5.41) is 10.1. The molecule has 1 saturated carbocycles. The molecular formula is C13H26N2O2. The predicted molar refractivity (Wildman–Crippen MR) is 68.1 cm³/mol. The Kier molecular flexibility index (Phi) is 4.79. The summed E-state index contributed by atoms with van der Waals surface area (Å²) in [6, 6.07) is 0.620. The molecule has 0 radical (unpaired) electrons. The number of rotatable bonds is 6. The van der Waals surface area contributed by atoms with Crippen molar-refractivity contribution in [3.63, 3.8) is 0 Å². The number of hydrogen-bond acceptors (Lipinski definition) is 4. The molecule has 0 bridgehead atoms. The first kappa shape index (κ1) is 13.3. The second kappa shape index (κ2) is 6.14. The lowest BCUT2D eigenvalue weighted by Gasteiger charge is -2.31. The van der Waals surface area contributed by atoms with Gasteiger partial charge in [0.25, 0.3) is 0 Å². The minimum absolute atomic E-state index is 0.237. The molecule has 100 valence electrons. The van der Waals surface area contributed by atoms with E-state index in [1.807, 2.05) is 0 Å². The van der Waals surface area contributed by atoms with Crippen molar-refractivity contribution in [3.8, 4) is 0 Å². The number of β-amino-alcohol motifs (C(OH)–C–C–N with tert-alkyl or cyclic N) is 1. The summed E-state index contributed by atoms with van der Waals surface area (Å²) in [5.41, 5.74) is 0.